The topological polar surface area (TPSA) is 58.6 Å². The van der Waals surface area contributed by atoms with Crippen LogP contribution in [0.4, 0.5) is 0 Å². The number of ether oxygens (including phenoxy) is 1. The molecule has 2 fully saturated rings. The van der Waals surface area contributed by atoms with Crippen molar-refractivity contribution in [3.05, 3.63) is 0 Å². The molecule has 2 N–H and O–H groups in total. The summed E-state index contributed by atoms with van der Waals surface area (Å²) in [4.78, 5) is 11.5. The minimum atomic E-state index is -0.328. The summed E-state index contributed by atoms with van der Waals surface area (Å²) in [6.45, 7) is 1.22. The molecular weight excluding hydrogens is 170 g/mol. The number of amides is 1. The van der Waals surface area contributed by atoms with Crippen molar-refractivity contribution in [1.29, 1.82) is 0 Å². The van der Waals surface area contributed by atoms with Crippen LogP contribution in [0.15, 0.2) is 0 Å². The Kier molecular flexibility index (Phi) is 2.51. The summed E-state index contributed by atoms with van der Waals surface area (Å²) in [7, 11) is 0. The molecule has 4 nitrogen and oxygen atoms in total. The molecule has 0 bridgehead atoms. The zero-order valence-electron chi connectivity index (χ0n) is 7.53. The van der Waals surface area contributed by atoms with E-state index in [1.54, 1.807) is 0 Å². The van der Waals surface area contributed by atoms with Crippen LogP contribution in [-0.2, 0) is 9.53 Å². The summed E-state index contributed by atoms with van der Waals surface area (Å²) in [5.74, 6) is 0.0500. The van der Waals surface area contributed by atoms with Gasteiger partial charge in [0.2, 0.25) is 5.91 Å². The van der Waals surface area contributed by atoms with E-state index < -0.39 is 0 Å². The fourth-order valence-corrected chi connectivity index (χ4v) is 1.69. The molecule has 1 saturated heterocycles. The third-order valence-electron chi connectivity index (χ3n) is 2.87. The molecule has 3 atom stereocenters. The molecule has 2 aliphatic rings. The Morgan fingerprint density at radius 3 is 2.69 bits per heavy atom. The maximum absolute atomic E-state index is 11.5. The van der Waals surface area contributed by atoms with Gasteiger partial charge in [0, 0.05) is 6.61 Å². The predicted octanol–water partition coefficient (Wildman–Crippen LogP) is -0.338. The maximum atomic E-state index is 11.5. The Balaban J connectivity index is 1.77. The molecule has 13 heavy (non-hydrogen) atoms. The summed E-state index contributed by atoms with van der Waals surface area (Å²) in [5, 5.41) is 12.1. The van der Waals surface area contributed by atoms with Gasteiger partial charge >= 0.3 is 0 Å². The van der Waals surface area contributed by atoms with Gasteiger partial charge in [-0.25, -0.2) is 0 Å². The molecule has 0 spiro atoms. The largest absolute Gasteiger partial charge is 0.391 e. The predicted molar refractivity (Wildman–Crippen MR) is 46.1 cm³/mol. The van der Waals surface area contributed by atoms with Gasteiger partial charge in [0.15, 0.2) is 0 Å². The van der Waals surface area contributed by atoms with E-state index >= 15 is 0 Å². The molecule has 1 saturated carbocycles. The first kappa shape index (κ1) is 8.97. The molecule has 74 valence electrons. The van der Waals surface area contributed by atoms with E-state index in [4.69, 9.17) is 4.74 Å². The number of rotatable bonds is 2. The number of aliphatic hydroxyl groups excluding tert-OH is 1. The summed E-state index contributed by atoms with van der Waals surface area (Å²) in [5.41, 5.74) is 0. The van der Waals surface area contributed by atoms with Crippen molar-refractivity contribution in [2.45, 2.75) is 31.4 Å². The molecule has 0 aromatic rings. The minimum Gasteiger partial charge on any atom is -0.391 e. The van der Waals surface area contributed by atoms with E-state index in [0.717, 1.165) is 19.3 Å². The number of carbonyl (C=O) groups excluding carboxylic acids is 1. The van der Waals surface area contributed by atoms with E-state index in [9.17, 15) is 9.90 Å². The lowest BCUT2D eigenvalue weighted by atomic mass is 9.89. The van der Waals surface area contributed by atoms with Crippen LogP contribution in [0, 0.1) is 5.92 Å². The molecule has 3 unspecified atom stereocenters. The highest BCUT2D eigenvalue weighted by atomic mass is 16.5. The third-order valence-corrected chi connectivity index (χ3v) is 2.87. The van der Waals surface area contributed by atoms with Crippen LogP contribution in [0.5, 0.6) is 0 Å². The first-order valence-electron chi connectivity index (χ1n) is 4.83. The van der Waals surface area contributed by atoms with Gasteiger partial charge in [-0.3, -0.25) is 4.79 Å². The lowest BCUT2D eigenvalue weighted by Crippen LogP contribution is -2.51. The van der Waals surface area contributed by atoms with E-state index in [1.807, 2.05) is 0 Å². The first-order chi connectivity index (χ1) is 6.27. The fourth-order valence-electron chi connectivity index (χ4n) is 1.69. The Bertz CT molecular complexity index is 201. The quantitative estimate of drug-likeness (QED) is 0.619. The lowest BCUT2D eigenvalue weighted by molar-refractivity contribution is -0.127. The summed E-state index contributed by atoms with van der Waals surface area (Å²) < 4.78 is 5.11. The van der Waals surface area contributed by atoms with E-state index in [1.165, 1.54) is 0 Å². The minimum absolute atomic E-state index is 0.00639. The SMILES string of the molecule is O=C(NC1CCC1O)C1CCOC1. The maximum Gasteiger partial charge on any atom is 0.225 e. The van der Waals surface area contributed by atoms with Crippen molar-refractivity contribution >= 4 is 5.91 Å². The summed E-state index contributed by atoms with van der Waals surface area (Å²) in [6, 6.07) is -0.00639. The van der Waals surface area contributed by atoms with Crippen LogP contribution in [0.3, 0.4) is 0 Å². The van der Waals surface area contributed by atoms with Crippen molar-refractivity contribution in [2.24, 2.45) is 5.92 Å². The normalized spacial score (nSPS) is 38.4. The Hall–Kier alpha value is -0.610. The van der Waals surface area contributed by atoms with Gasteiger partial charge in [0.25, 0.3) is 0 Å². The van der Waals surface area contributed by atoms with Gasteiger partial charge in [-0.1, -0.05) is 0 Å². The molecule has 0 radical (unpaired) electrons. The van der Waals surface area contributed by atoms with Crippen molar-refractivity contribution in [3.8, 4) is 0 Å². The van der Waals surface area contributed by atoms with Crippen LogP contribution < -0.4 is 5.32 Å². The smallest absolute Gasteiger partial charge is 0.225 e. The van der Waals surface area contributed by atoms with Crippen molar-refractivity contribution in [2.75, 3.05) is 13.2 Å². The molecule has 1 heterocycles. The summed E-state index contributed by atoms with van der Waals surface area (Å²) in [6.07, 6.45) is 2.20. The highest BCUT2D eigenvalue weighted by molar-refractivity contribution is 5.79. The molecule has 1 aliphatic carbocycles. The van der Waals surface area contributed by atoms with Crippen LogP contribution >= 0.6 is 0 Å². The van der Waals surface area contributed by atoms with Gasteiger partial charge < -0.3 is 15.2 Å². The molecule has 0 aromatic carbocycles. The second-order valence-corrected chi connectivity index (χ2v) is 3.82. The van der Waals surface area contributed by atoms with Crippen LogP contribution in [0.2, 0.25) is 0 Å². The van der Waals surface area contributed by atoms with E-state index in [-0.39, 0.29) is 24.0 Å². The first-order valence-corrected chi connectivity index (χ1v) is 4.83. The Morgan fingerprint density at radius 2 is 2.23 bits per heavy atom. The van der Waals surface area contributed by atoms with Crippen LogP contribution in [0.25, 0.3) is 0 Å². The van der Waals surface area contributed by atoms with Crippen molar-refractivity contribution in [1.82, 2.24) is 5.32 Å². The van der Waals surface area contributed by atoms with Gasteiger partial charge in [-0.05, 0) is 19.3 Å². The second kappa shape index (κ2) is 3.64. The summed E-state index contributed by atoms with van der Waals surface area (Å²) >= 11 is 0. The van der Waals surface area contributed by atoms with Gasteiger partial charge in [-0.15, -0.1) is 0 Å². The average molecular weight is 185 g/mol. The van der Waals surface area contributed by atoms with Crippen molar-refractivity contribution < 1.29 is 14.6 Å². The second-order valence-electron chi connectivity index (χ2n) is 3.82. The highest BCUT2D eigenvalue weighted by Gasteiger charge is 2.33. The number of hydrogen-bond donors (Lipinski definition) is 2. The average Bonchev–Trinajstić information content (AvgIpc) is 2.64. The zero-order chi connectivity index (χ0) is 9.26. The molecule has 0 aromatic heterocycles. The highest BCUT2D eigenvalue weighted by Crippen LogP contribution is 2.21. The van der Waals surface area contributed by atoms with Crippen LogP contribution in [-0.4, -0.2) is 36.4 Å². The number of nitrogens with one attached hydrogen (secondary N) is 1. The number of carbonyl (C=O) groups is 1. The Morgan fingerprint density at radius 1 is 1.38 bits per heavy atom. The van der Waals surface area contributed by atoms with Gasteiger partial charge in [-0.2, -0.15) is 0 Å². The number of hydrogen-bond acceptors (Lipinski definition) is 3. The molecule has 1 amide bonds. The molecule has 1 aliphatic heterocycles. The van der Waals surface area contributed by atoms with Crippen LogP contribution in [0.1, 0.15) is 19.3 Å². The third kappa shape index (κ3) is 1.84. The van der Waals surface area contributed by atoms with Gasteiger partial charge in [0.1, 0.15) is 0 Å². The van der Waals surface area contributed by atoms with E-state index in [0.29, 0.717) is 13.2 Å². The standard InChI is InChI=1S/C9H15NO3/c11-8-2-1-7(8)10-9(12)6-3-4-13-5-6/h6-8,11H,1-5H2,(H,10,12). The Labute approximate surface area is 77.3 Å². The fraction of sp³-hybridized carbons (Fsp3) is 0.889. The van der Waals surface area contributed by atoms with Crippen molar-refractivity contribution in [3.63, 3.8) is 0 Å². The number of aliphatic hydroxyl groups is 1. The molecule has 2 rings (SSSR count). The zero-order valence-corrected chi connectivity index (χ0v) is 7.53. The molecular formula is C9H15NO3. The monoisotopic (exact) mass is 185 g/mol. The molecule has 4 heteroatoms. The van der Waals surface area contributed by atoms with Gasteiger partial charge in [0.05, 0.1) is 24.7 Å². The lowest BCUT2D eigenvalue weighted by Gasteiger charge is -2.33. The van der Waals surface area contributed by atoms with E-state index in [2.05, 4.69) is 5.32 Å².